The summed E-state index contributed by atoms with van der Waals surface area (Å²) in [6, 6.07) is 12.2. The number of carboxylic acids is 1. The highest BCUT2D eigenvalue weighted by atomic mass is 19.4. The number of hydrogen-bond acceptors (Lipinski definition) is 5. The van der Waals surface area contributed by atoms with E-state index in [1.807, 2.05) is 6.92 Å². The van der Waals surface area contributed by atoms with Crippen LogP contribution in [-0.4, -0.2) is 29.0 Å². The molecular weight excluding hydrogens is 427 g/mol. The first kappa shape index (κ1) is 23.2. The Balaban J connectivity index is 1.68. The lowest BCUT2D eigenvalue weighted by molar-refractivity contribution is -0.274. The molecule has 1 aromatic heterocycles. The van der Waals surface area contributed by atoms with Gasteiger partial charge in [0, 0.05) is 18.4 Å². The summed E-state index contributed by atoms with van der Waals surface area (Å²) in [4.78, 5) is 15.4. The molecule has 0 spiro atoms. The topological polar surface area (TPSA) is 81.8 Å². The Labute approximate surface area is 182 Å². The molecular formula is C23H22F3NO5. The second-order valence-electron chi connectivity index (χ2n) is 7.03. The van der Waals surface area contributed by atoms with Crippen LogP contribution in [0.4, 0.5) is 13.2 Å². The second kappa shape index (κ2) is 10.2. The van der Waals surface area contributed by atoms with Gasteiger partial charge in [0.2, 0.25) is 5.89 Å². The summed E-state index contributed by atoms with van der Waals surface area (Å²) in [5, 5.41) is 8.91. The van der Waals surface area contributed by atoms with Crippen molar-refractivity contribution >= 4 is 5.97 Å². The summed E-state index contributed by atoms with van der Waals surface area (Å²) >= 11 is 0. The van der Waals surface area contributed by atoms with Crippen molar-refractivity contribution in [2.45, 2.75) is 39.0 Å². The quantitative estimate of drug-likeness (QED) is 0.444. The normalized spacial score (nSPS) is 11.4. The van der Waals surface area contributed by atoms with E-state index >= 15 is 0 Å². The van der Waals surface area contributed by atoms with Crippen molar-refractivity contribution in [1.29, 1.82) is 0 Å². The fourth-order valence-corrected chi connectivity index (χ4v) is 3.11. The van der Waals surface area contributed by atoms with Crippen LogP contribution in [0.5, 0.6) is 11.5 Å². The Bertz CT molecular complexity index is 1040. The Hall–Kier alpha value is -3.49. The highest BCUT2D eigenvalue weighted by Gasteiger charge is 2.31. The van der Waals surface area contributed by atoms with Crippen LogP contribution in [0.1, 0.15) is 30.4 Å². The number of nitrogens with zero attached hydrogens (tertiary/aromatic N) is 1. The number of alkyl halides is 3. The number of aliphatic carboxylic acids is 1. The lowest BCUT2D eigenvalue weighted by Crippen LogP contribution is -2.16. The fraction of sp³-hybridized carbons (Fsp3) is 0.304. The summed E-state index contributed by atoms with van der Waals surface area (Å²) in [6.45, 7) is 2.30. The molecule has 1 heterocycles. The summed E-state index contributed by atoms with van der Waals surface area (Å²) < 4.78 is 52.5. The minimum Gasteiger partial charge on any atom is -0.493 e. The second-order valence-corrected chi connectivity index (χ2v) is 7.03. The number of ether oxygens (including phenoxy) is 2. The number of carboxylic acid groups (broad SMARTS) is 1. The van der Waals surface area contributed by atoms with Gasteiger partial charge in [-0.1, -0.05) is 19.1 Å². The Morgan fingerprint density at radius 1 is 1.09 bits per heavy atom. The highest BCUT2D eigenvalue weighted by molar-refractivity contribution is 5.70. The molecule has 6 nitrogen and oxygen atoms in total. The molecule has 3 rings (SSSR count). The van der Waals surface area contributed by atoms with Crippen molar-refractivity contribution in [3.63, 3.8) is 0 Å². The van der Waals surface area contributed by atoms with Gasteiger partial charge in [-0.2, -0.15) is 0 Å². The van der Waals surface area contributed by atoms with Crippen molar-refractivity contribution in [2.24, 2.45) is 0 Å². The van der Waals surface area contributed by atoms with Crippen molar-refractivity contribution in [2.75, 3.05) is 6.61 Å². The summed E-state index contributed by atoms with van der Waals surface area (Å²) in [5.74, 6) is 0.330. The third kappa shape index (κ3) is 6.76. The van der Waals surface area contributed by atoms with E-state index in [-0.39, 0.29) is 12.2 Å². The molecule has 3 aromatic rings. The first-order valence-corrected chi connectivity index (χ1v) is 10.0. The van der Waals surface area contributed by atoms with Gasteiger partial charge >= 0.3 is 12.3 Å². The zero-order chi connectivity index (χ0) is 23.1. The van der Waals surface area contributed by atoms with Crippen LogP contribution in [0.3, 0.4) is 0 Å². The number of hydrogen-bond donors (Lipinski definition) is 1. The minimum absolute atomic E-state index is 0.0860. The third-order valence-electron chi connectivity index (χ3n) is 4.45. The van der Waals surface area contributed by atoms with Crippen LogP contribution in [0, 0.1) is 0 Å². The first-order valence-electron chi connectivity index (χ1n) is 10.0. The van der Waals surface area contributed by atoms with E-state index in [0.717, 1.165) is 6.42 Å². The zero-order valence-corrected chi connectivity index (χ0v) is 17.3. The predicted molar refractivity (Wildman–Crippen MR) is 110 cm³/mol. The molecule has 0 saturated carbocycles. The maximum atomic E-state index is 12.3. The number of benzene rings is 2. The number of aromatic nitrogens is 1. The van der Waals surface area contributed by atoms with Gasteiger partial charge in [0.25, 0.3) is 0 Å². The number of rotatable bonds is 10. The molecule has 0 radical (unpaired) electrons. The van der Waals surface area contributed by atoms with Crippen molar-refractivity contribution in [3.8, 4) is 23.0 Å². The molecule has 1 N–H and O–H groups in total. The number of halogens is 3. The van der Waals surface area contributed by atoms with Gasteiger partial charge in [0.05, 0.1) is 18.7 Å². The number of aryl methyl sites for hydroxylation is 1. The maximum Gasteiger partial charge on any atom is 0.573 e. The van der Waals surface area contributed by atoms with E-state index in [2.05, 4.69) is 9.72 Å². The van der Waals surface area contributed by atoms with Crippen LogP contribution in [0.2, 0.25) is 0 Å². The molecule has 9 heteroatoms. The lowest BCUT2D eigenvalue weighted by atomic mass is 10.1. The first-order chi connectivity index (χ1) is 15.2. The Morgan fingerprint density at radius 2 is 1.84 bits per heavy atom. The Morgan fingerprint density at radius 3 is 2.50 bits per heavy atom. The summed E-state index contributed by atoms with van der Waals surface area (Å²) in [5.41, 5.74) is 1.88. The Kier molecular flexibility index (Phi) is 7.40. The molecule has 0 aliphatic heterocycles. The number of carbonyl (C=O) groups is 1. The van der Waals surface area contributed by atoms with Crippen LogP contribution in [0.15, 0.2) is 52.9 Å². The molecule has 32 heavy (non-hydrogen) atoms. The maximum absolute atomic E-state index is 12.3. The van der Waals surface area contributed by atoms with Crippen LogP contribution in [-0.2, 0) is 24.1 Å². The van der Waals surface area contributed by atoms with Crippen molar-refractivity contribution in [1.82, 2.24) is 4.98 Å². The van der Waals surface area contributed by atoms with Crippen LogP contribution >= 0.6 is 0 Å². The van der Waals surface area contributed by atoms with Crippen molar-refractivity contribution < 1.29 is 37.0 Å². The average molecular weight is 449 g/mol. The van der Waals surface area contributed by atoms with Gasteiger partial charge < -0.3 is 19.0 Å². The molecule has 0 unspecified atom stereocenters. The van der Waals surface area contributed by atoms with Gasteiger partial charge in [-0.15, -0.1) is 13.2 Å². The highest BCUT2D eigenvalue weighted by Crippen LogP contribution is 2.28. The summed E-state index contributed by atoms with van der Waals surface area (Å²) in [6.07, 6.45) is -2.89. The lowest BCUT2D eigenvalue weighted by Gasteiger charge is -2.08. The smallest absolute Gasteiger partial charge is 0.493 e. The van der Waals surface area contributed by atoms with E-state index in [0.29, 0.717) is 53.7 Å². The fourth-order valence-electron chi connectivity index (χ4n) is 3.11. The third-order valence-corrected chi connectivity index (χ3v) is 4.45. The molecule has 0 amide bonds. The van der Waals surface area contributed by atoms with Crippen LogP contribution < -0.4 is 9.47 Å². The molecule has 0 atom stereocenters. The van der Waals surface area contributed by atoms with Gasteiger partial charge in [0.1, 0.15) is 17.3 Å². The van der Waals surface area contributed by atoms with Crippen molar-refractivity contribution in [3.05, 3.63) is 65.5 Å². The van der Waals surface area contributed by atoms with Gasteiger partial charge in [-0.3, -0.25) is 4.79 Å². The summed E-state index contributed by atoms with van der Waals surface area (Å²) in [7, 11) is 0. The monoisotopic (exact) mass is 449 g/mol. The van der Waals surface area contributed by atoms with Gasteiger partial charge in [-0.05, 0) is 48.4 Å². The van der Waals surface area contributed by atoms with Gasteiger partial charge in [-0.25, -0.2) is 4.98 Å². The van der Waals surface area contributed by atoms with Crippen LogP contribution in [0.25, 0.3) is 11.5 Å². The molecule has 0 fully saturated rings. The SMILES string of the molecule is CCCc1oc(-c2ccc(OC(F)(F)F)cc2)nc1CCOc1cccc(CC(=O)O)c1. The molecule has 170 valence electrons. The molecule has 0 aliphatic rings. The van der Waals surface area contributed by atoms with Gasteiger partial charge in [0.15, 0.2) is 0 Å². The van der Waals surface area contributed by atoms with E-state index in [4.69, 9.17) is 14.3 Å². The largest absolute Gasteiger partial charge is 0.573 e. The van der Waals surface area contributed by atoms with E-state index in [1.165, 1.54) is 24.3 Å². The van der Waals surface area contributed by atoms with E-state index in [1.54, 1.807) is 24.3 Å². The average Bonchev–Trinajstić information content (AvgIpc) is 3.10. The molecule has 2 aromatic carbocycles. The predicted octanol–water partition coefficient (Wildman–Crippen LogP) is 5.44. The molecule has 0 saturated heterocycles. The molecule has 0 bridgehead atoms. The van der Waals surface area contributed by atoms with E-state index in [9.17, 15) is 18.0 Å². The number of oxazole rings is 1. The minimum atomic E-state index is -4.75. The zero-order valence-electron chi connectivity index (χ0n) is 17.3. The molecule has 0 aliphatic carbocycles. The van der Waals surface area contributed by atoms with E-state index < -0.39 is 12.3 Å². The standard InChI is InChI=1S/C23H22F3NO5/c1-2-4-20-19(11-12-30-18-6-3-5-15(13-18)14-21(28)29)27-22(31-20)16-7-9-17(10-8-16)32-23(24,25)26/h3,5-10,13H,2,4,11-12,14H2,1H3,(H,28,29).